The minimum absolute atomic E-state index is 0.337. The van der Waals surface area contributed by atoms with Gasteiger partial charge in [0.25, 0.3) is 0 Å². The molecule has 0 aromatic heterocycles. The van der Waals surface area contributed by atoms with E-state index >= 15 is 0 Å². The molecule has 0 fully saturated rings. The van der Waals surface area contributed by atoms with Crippen molar-refractivity contribution in [2.75, 3.05) is 0 Å². The molecular formula is C30H26O4S. The minimum atomic E-state index is -0.449. The van der Waals surface area contributed by atoms with Crippen LogP contribution in [0.5, 0.6) is 11.5 Å². The number of hydrogen-bond acceptors (Lipinski definition) is 5. The summed E-state index contributed by atoms with van der Waals surface area (Å²) in [6, 6.07) is 25.8. The molecule has 4 rings (SSSR count). The number of thiocarbonyl (C=S) groups is 1. The Morgan fingerprint density at radius 2 is 1.37 bits per heavy atom. The molecule has 0 N–H and O–H groups in total. The van der Waals surface area contributed by atoms with Gasteiger partial charge in [0.2, 0.25) is 0 Å². The topological polar surface area (TPSA) is 52.6 Å². The van der Waals surface area contributed by atoms with E-state index in [1.165, 1.54) is 5.56 Å². The van der Waals surface area contributed by atoms with Crippen LogP contribution in [0.25, 0.3) is 10.8 Å². The highest BCUT2D eigenvalue weighted by atomic mass is 32.1. The van der Waals surface area contributed by atoms with E-state index in [2.05, 4.69) is 6.92 Å². The molecule has 0 bridgehead atoms. The van der Waals surface area contributed by atoms with Gasteiger partial charge in [-0.15, -0.1) is 0 Å². The molecule has 0 spiro atoms. The van der Waals surface area contributed by atoms with Gasteiger partial charge >= 0.3 is 11.9 Å². The molecule has 4 aromatic rings. The standard InChI is InChI=1S/C30H26O4S/c1-4-21-5-7-23(8-6-21)30(32)34-28-16-13-25-17-24(9-10-26(25)18-28)19(2)29(31)33-27-14-11-22(12-15-27)20(3)35/h5-19H,4H2,1-3H3/t19-/m0/s1. The van der Waals surface area contributed by atoms with E-state index in [1.54, 1.807) is 30.3 Å². The maximum atomic E-state index is 12.7. The van der Waals surface area contributed by atoms with Crippen molar-refractivity contribution in [2.24, 2.45) is 0 Å². The highest BCUT2D eigenvalue weighted by Gasteiger charge is 2.18. The molecule has 0 amide bonds. The number of esters is 2. The minimum Gasteiger partial charge on any atom is -0.426 e. The lowest BCUT2D eigenvalue weighted by atomic mass is 9.98. The fraction of sp³-hybridized carbons (Fsp3) is 0.167. The molecule has 176 valence electrons. The summed E-state index contributed by atoms with van der Waals surface area (Å²) in [5, 5.41) is 1.85. The van der Waals surface area contributed by atoms with Gasteiger partial charge in [-0.05, 0) is 84.1 Å². The summed E-state index contributed by atoms with van der Waals surface area (Å²) in [6.07, 6.45) is 0.916. The molecule has 5 heteroatoms. The second-order valence-corrected chi connectivity index (χ2v) is 9.04. The zero-order chi connectivity index (χ0) is 24.9. The van der Waals surface area contributed by atoms with Gasteiger partial charge in [0.1, 0.15) is 11.5 Å². The van der Waals surface area contributed by atoms with E-state index < -0.39 is 11.9 Å². The van der Waals surface area contributed by atoms with E-state index in [9.17, 15) is 9.59 Å². The predicted molar refractivity (Wildman–Crippen MR) is 143 cm³/mol. The van der Waals surface area contributed by atoms with Crippen molar-refractivity contribution in [1.82, 2.24) is 0 Å². The summed E-state index contributed by atoms with van der Waals surface area (Å²) < 4.78 is 11.1. The number of fused-ring (bicyclic) bond motifs is 1. The lowest BCUT2D eigenvalue weighted by molar-refractivity contribution is -0.135. The van der Waals surface area contributed by atoms with Crippen molar-refractivity contribution in [3.8, 4) is 11.5 Å². The Balaban J connectivity index is 1.45. The van der Waals surface area contributed by atoms with Crippen LogP contribution in [0.2, 0.25) is 0 Å². The van der Waals surface area contributed by atoms with Crippen LogP contribution in [0.3, 0.4) is 0 Å². The molecule has 0 unspecified atom stereocenters. The van der Waals surface area contributed by atoms with Crippen molar-refractivity contribution in [3.05, 3.63) is 107 Å². The Hall–Kier alpha value is -3.83. The fourth-order valence-electron chi connectivity index (χ4n) is 3.72. The third-order valence-electron chi connectivity index (χ3n) is 5.98. The van der Waals surface area contributed by atoms with Gasteiger partial charge in [-0.25, -0.2) is 4.79 Å². The van der Waals surface area contributed by atoms with Crippen LogP contribution in [0.15, 0.2) is 84.9 Å². The first-order valence-electron chi connectivity index (χ1n) is 11.5. The molecule has 0 aliphatic carbocycles. The highest BCUT2D eigenvalue weighted by molar-refractivity contribution is 7.80. The summed E-state index contributed by atoms with van der Waals surface area (Å²) in [5.74, 6) is -0.227. The number of aryl methyl sites for hydroxylation is 1. The molecule has 0 aliphatic heterocycles. The zero-order valence-corrected chi connectivity index (χ0v) is 20.7. The molecular weight excluding hydrogens is 456 g/mol. The summed E-state index contributed by atoms with van der Waals surface area (Å²) in [4.78, 5) is 26.0. The quantitative estimate of drug-likeness (QED) is 0.122. The van der Waals surface area contributed by atoms with E-state index in [-0.39, 0.29) is 5.97 Å². The Morgan fingerprint density at radius 1 is 0.771 bits per heavy atom. The van der Waals surface area contributed by atoms with E-state index in [0.29, 0.717) is 17.1 Å². The number of carbonyl (C=O) groups excluding carboxylic acids is 2. The maximum absolute atomic E-state index is 12.7. The molecule has 4 aromatic carbocycles. The second-order valence-electron chi connectivity index (χ2n) is 8.43. The van der Waals surface area contributed by atoms with Gasteiger partial charge in [0, 0.05) is 4.86 Å². The monoisotopic (exact) mass is 482 g/mol. The summed E-state index contributed by atoms with van der Waals surface area (Å²) in [5.41, 5.74) is 3.45. The number of benzene rings is 4. The molecule has 4 nitrogen and oxygen atoms in total. The number of rotatable bonds is 7. The number of hydrogen-bond donors (Lipinski definition) is 0. The largest absolute Gasteiger partial charge is 0.426 e. The highest BCUT2D eigenvalue weighted by Crippen LogP contribution is 2.27. The van der Waals surface area contributed by atoms with Crippen LogP contribution in [0.1, 0.15) is 53.7 Å². The van der Waals surface area contributed by atoms with Gasteiger partial charge in [0.05, 0.1) is 11.5 Å². The van der Waals surface area contributed by atoms with Crippen molar-refractivity contribution in [1.29, 1.82) is 0 Å². The van der Waals surface area contributed by atoms with Gasteiger partial charge in [-0.2, -0.15) is 0 Å². The second kappa shape index (κ2) is 10.6. The van der Waals surface area contributed by atoms with Crippen LogP contribution < -0.4 is 9.47 Å². The average Bonchev–Trinajstić information content (AvgIpc) is 2.88. The average molecular weight is 483 g/mol. The normalized spacial score (nSPS) is 11.6. The first-order valence-corrected chi connectivity index (χ1v) is 11.9. The number of ether oxygens (including phenoxy) is 2. The fourth-order valence-corrected chi connectivity index (χ4v) is 3.85. The molecule has 0 heterocycles. The van der Waals surface area contributed by atoms with E-state index in [0.717, 1.165) is 33.2 Å². The summed E-state index contributed by atoms with van der Waals surface area (Å²) in [6.45, 7) is 5.74. The van der Waals surface area contributed by atoms with Crippen LogP contribution in [-0.4, -0.2) is 16.8 Å². The van der Waals surface area contributed by atoms with Gasteiger partial charge < -0.3 is 9.47 Å². The number of carbonyl (C=O) groups is 2. The third-order valence-corrected chi connectivity index (χ3v) is 6.21. The third kappa shape index (κ3) is 5.81. The van der Waals surface area contributed by atoms with E-state index in [1.807, 2.05) is 68.4 Å². The Labute approximate surface area is 210 Å². The molecule has 1 atom stereocenters. The first kappa shape index (κ1) is 24.3. The lowest BCUT2D eigenvalue weighted by Gasteiger charge is -2.13. The summed E-state index contributed by atoms with van der Waals surface area (Å²) >= 11 is 5.16. The van der Waals surface area contributed by atoms with Crippen molar-refractivity contribution in [3.63, 3.8) is 0 Å². The Morgan fingerprint density at radius 3 is 2.03 bits per heavy atom. The SMILES string of the molecule is CCc1ccc(C(=O)Oc2ccc3cc([C@H](C)C(=O)Oc4ccc(C(C)=S)cc4)ccc3c2)cc1. The van der Waals surface area contributed by atoms with Crippen molar-refractivity contribution >= 4 is 39.8 Å². The smallest absolute Gasteiger partial charge is 0.343 e. The molecule has 0 aliphatic rings. The Bertz CT molecular complexity index is 1390. The van der Waals surface area contributed by atoms with Gasteiger partial charge in [-0.1, -0.05) is 67.7 Å². The first-order chi connectivity index (χ1) is 16.8. The predicted octanol–water partition coefficient (Wildman–Crippen LogP) is 7.07. The Kier molecular flexibility index (Phi) is 7.37. The van der Waals surface area contributed by atoms with Crippen molar-refractivity contribution < 1.29 is 19.1 Å². The zero-order valence-electron chi connectivity index (χ0n) is 19.9. The molecule has 35 heavy (non-hydrogen) atoms. The lowest BCUT2D eigenvalue weighted by Crippen LogP contribution is -2.16. The molecule has 0 radical (unpaired) electrons. The van der Waals surface area contributed by atoms with Gasteiger partial charge in [-0.3, -0.25) is 4.79 Å². The van der Waals surface area contributed by atoms with Crippen LogP contribution in [-0.2, 0) is 11.2 Å². The van der Waals surface area contributed by atoms with Crippen LogP contribution >= 0.6 is 12.2 Å². The van der Waals surface area contributed by atoms with E-state index in [4.69, 9.17) is 21.7 Å². The van der Waals surface area contributed by atoms with Crippen LogP contribution in [0.4, 0.5) is 0 Å². The van der Waals surface area contributed by atoms with Gasteiger partial charge in [0.15, 0.2) is 0 Å². The molecule has 0 saturated heterocycles. The summed E-state index contributed by atoms with van der Waals surface area (Å²) in [7, 11) is 0. The molecule has 0 saturated carbocycles. The van der Waals surface area contributed by atoms with Crippen molar-refractivity contribution in [2.45, 2.75) is 33.1 Å². The maximum Gasteiger partial charge on any atom is 0.343 e. The van der Waals surface area contributed by atoms with Crippen LogP contribution in [0, 0.1) is 0 Å².